The van der Waals surface area contributed by atoms with Crippen LogP contribution in [0.25, 0.3) is 16.6 Å². The molecule has 6 nitrogen and oxygen atoms in total. The van der Waals surface area contributed by atoms with E-state index in [2.05, 4.69) is 20.1 Å². The van der Waals surface area contributed by atoms with Crippen molar-refractivity contribution in [2.24, 2.45) is 4.99 Å². The third kappa shape index (κ3) is 2.84. The number of nitrogens with two attached hydrogens (primary N) is 1. The molecule has 4 heterocycles. The highest BCUT2D eigenvalue weighted by molar-refractivity contribution is 5.88. The normalized spacial score (nSPS) is 17.0. The summed E-state index contributed by atoms with van der Waals surface area (Å²) < 4.78 is 27.6. The fourth-order valence-corrected chi connectivity index (χ4v) is 3.29. The lowest BCUT2D eigenvalue weighted by Crippen LogP contribution is -2.13. The van der Waals surface area contributed by atoms with Gasteiger partial charge in [0.25, 0.3) is 0 Å². The molecule has 0 aromatic carbocycles. The number of fused-ring (bicyclic) bond motifs is 2. The van der Waals surface area contributed by atoms with Crippen molar-refractivity contribution in [2.45, 2.75) is 32.1 Å². The number of pyridine rings is 1. The van der Waals surface area contributed by atoms with Crippen LogP contribution in [0.4, 0.5) is 20.5 Å². The second kappa shape index (κ2) is 5.87. The van der Waals surface area contributed by atoms with E-state index in [4.69, 9.17) is 5.73 Å². The molecule has 1 unspecified atom stereocenters. The number of hydrogen-bond acceptors (Lipinski definition) is 5. The number of nitrogens with zero attached hydrogens (tertiary/aromatic N) is 5. The number of hydrogen-bond donors (Lipinski definition) is 1. The molecule has 0 amide bonds. The van der Waals surface area contributed by atoms with E-state index in [9.17, 15) is 8.78 Å². The van der Waals surface area contributed by atoms with Crippen molar-refractivity contribution in [3.8, 4) is 11.1 Å². The van der Waals surface area contributed by atoms with Gasteiger partial charge in [-0.25, -0.2) is 28.3 Å². The second-order valence-electron chi connectivity index (χ2n) is 6.19. The van der Waals surface area contributed by atoms with Gasteiger partial charge in [-0.3, -0.25) is 0 Å². The molecule has 0 spiro atoms. The Bertz CT molecular complexity index is 978. The summed E-state index contributed by atoms with van der Waals surface area (Å²) in [6.45, 7) is 1.85. The van der Waals surface area contributed by atoms with Crippen LogP contribution in [0.15, 0.2) is 35.7 Å². The number of halogens is 2. The number of anilines is 1. The summed E-state index contributed by atoms with van der Waals surface area (Å²) in [7, 11) is 0. The number of nitrogen functional groups attached to an aromatic ring is 1. The van der Waals surface area contributed by atoms with Crippen LogP contribution in [0.3, 0.4) is 0 Å². The van der Waals surface area contributed by atoms with Gasteiger partial charge in [-0.15, -0.1) is 5.10 Å². The molecule has 128 valence electrons. The average molecular weight is 342 g/mol. The Morgan fingerprint density at radius 2 is 2.16 bits per heavy atom. The lowest BCUT2D eigenvalue weighted by molar-refractivity contribution is 0.128. The van der Waals surface area contributed by atoms with Gasteiger partial charge in [-0.05, 0) is 31.4 Å². The van der Waals surface area contributed by atoms with Crippen LogP contribution < -0.4 is 5.73 Å². The van der Waals surface area contributed by atoms with Gasteiger partial charge < -0.3 is 5.73 Å². The topological polar surface area (TPSA) is 81.5 Å². The summed E-state index contributed by atoms with van der Waals surface area (Å²) in [4.78, 5) is 12.8. The van der Waals surface area contributed by atoms with E-state index >= 15 is 0 Å². The smallest absolute Gasteiger partial charge is 0.239 e. The highest BCUT2D eigenvalue weighted by atomic mass is 19.3. The third-order valence-corrected chi connectivity index (χ3v) is 4.38. The average Bonchev–Trinajstić information content (AvgIpc) is 2.96. The molecule has 25 heavy (non-hydrogen) atoms. The van der Waals surface area contributed by atoms with Gasteiger partial charge in [0.1, 0.15) is 0 Å². The molecule has 0 radical (unpaired) electrons. The van der Waals surface area contributed by atoms with E-state index in [1.807, 2.05) is 19.1 Å². The molecule has 3 aromatic heterocycles. The summed E-state index contributed by atoms with van der Waals surface area (Å²) in [5.41, 5.74) is 9.66. The van der Waals surface area contributed by atoms with Gasteiger partial charge in [0, 0.05) is 41.2 Å². The summed E-state index contributed by atoms with van der Waals surface area (Å²) in [5, 5.41) is 4.12. The van der Waals surface area contributed by atoms with Crippen LogP contribution in [0.5, 0.6) is 0 Å². The van der Waals surface area contributed by atoms with Crippen LogP contribution in [0.2, 0.25) is 0 Å². The Labute approximate surface area is 142 Å². The largest absolute Gasteiger partial charge is 0.367 e. The summed E-state index contributed by atoms with van der Waals surface area (Å²) in [6.07, 6.45) is 3.09. The van der Waals surface area contributed by atoms with Crippen LogP contribution in [0, 0.1) is 0 Å². The van der Waals surface area contributed by atoms with Gasteiger partial charge in [0.2, 0.25) is 12.4 Å². The fourth-order valence-electron chi connectivity index (χ4n) is 3.29. The molecule has 8 heteroatoms. The highest BCUT2D eigenvalue weighted by Gasteiger charge is 2.26. The minimum atomic E-state index is -2.36. The molecule has 0 bridgehead atoms. The Morgan fingerprint density at radius 1 is 1.32 bits per heavy atom. The first kappa shape index (κ1) is 15.6. The Hall–Kier alpha value is -2.90. The Morgan fingerprint density at radius 3 is 2.96 bits per heavy atom. The monoisotopic (exact) mass is 342 g/mol. The van der Waals surface area contributed by atoms with Gasteiger partial charge in [0.15, 0.2) is 5.82 Å². The quantitative estimate of drug-likeness (QED) is 0.788. The molecule has 3 aromatic rings. The lowest BCUT2D eigenvalue weighted by Gasteiger charge is -2.23. The van der Waals surface area contributed by atoms with Crippen molar-refractivity contribution < 1.29 is 8.78 Å². The number of alkyl halides is 2. The maximum atomic E-state index is 13.0. The van der Waals surface area contributed by atoms with Gasteiger partial charge in [-0.1, -0.05) is 0 Å². The number of rotatable bonds is 3. The second-order valence-corrected chi connectivity index (χ2v) is 6.19. The first-order valence-electron chi connectivity index (χ1n) is 7.94. The number of aromatic nitrogens is 4. The maximum Gasteiger partial charge on any atom is 0.239 e. The van der Waals surface area contributed by atoms with E-state index < -0.39 is 6.43 Å². The van der Waals surface area contributed by atoms with E-state index in [1.54, 1.807) is 23.1 Å². The fraction of sp³-hybridized carbons (Fsp3) is 0.294. The van der Waals surface area contributed by atoms with Crippen LogP contribution in [0.1, 0.15) is 31.2 Å². The van der Waals surface area contributed by atoms with Crippen molar-refractivity contribution in [3.63, 3.8) is 0 Å². The Kier molecular flexibility index (Phi) is 3.67. The number of aliphatic imine (C=N–C) groups is 1. The minimum absolute atomic E-state index is 0.181. The SMILES string of the molecule is CC1=Nc2ncc(-c3ccn4nc(N)ncc34)cc2C(CC(F)F)C1. The highest BCUT2D eigenvalue weighted by Crippen LogP contribution is 2.39. The Balaban J connectivity index is 1.82. The van der Waals surface area contributed by atoms with Gasteiger partial charge in [-0.2, -0.15) is 0 Å². The molecular formula is C17H16F2N6. The maximum absolute atomic E-state index is 13.0. The van der Waals surface area contributed by atoms with Gasteiger partial charge in [0.05, 0.1) is 11.7 Å². The zero-order chi connectivity index (χ0) is 17.6. The molecule has 0 saturated carbocycles. The standard InChI is InChI=1S/C17H16F2N6/c1-9-4-10(6-15(18)19)13-5-11(7-21-16(13)23-9)12-2-3-25-14(12)8-22-17(20)24-25/h2-3,5,7-8,10,15H,4,6H2,1H3,(H2,20,24). The predicted molar refractivity (Wildman–Crippen MR) is 91.4 cm³/mol. The minimum Gasteiger partial charge on any atom is -0.367 e. The summed E-state index contributed by atoms with van der Waals surface area (Å²) in [5.74, 6) is 0.433. The van der Waals surface area contributed by atoms with Crippen molar-refractivity contribution >= 4 is 23.0 Å². The molecule has 1 aliphatic rings. The van der Waals surface area contributed by atoms with E-state index in [0.29, 0.717) is 12.2 Å². The summed E-state index contributed by atoms with van der Waals surface area (Å²) >= 11 is 0. The summed E-state index contributed by atoms with van der Waals surface area (Å²) in [6, 6.07) is 3.78. The molecule has 0 saturated heterocycles. The molecule has 1 aliphatic heterocycles. The van der Waals surface area contributed by atoms with Crippen molar-refractivity contribution in [1.82, 2.24) is 19.6 Å². The van der Waals surface area contributed by atoms with Crippen molar-refractivity contribution in [3.05, 3.63) is 36.3 Å². The van der Waals surface area contributed by atoms with Crippen molar-refractivity contribution in [2.75, 3.05) is 5.73 Å². The molecule has 2 N–H and O–H groups in total. The molecule has 1 atom stereocenters. The first-order valence-corrected chi connectivity index (χ1v) is 7.94. The van der Waals surface area contributed by atoms with Gasteiger partial charge >= 0.3 is 0 Å². The van der Waals surface area contributed by atoms with E-state index in [1.165, 1.54) is 0 Å². The zero-order valence-electron chi connectivity index (χ0n) is 13.5. The third-order valence-electron chi connectivity index (χ3n) is 4.38. The van der Waals surface area contributed by atoms with Crippen molar-refractivity contribution in [1.29, 1.82) is 0 Å². The van der Waals surface area contributed by atoms with Crippen LogP contribution in [-0.4, -0.2) is 31.7 Å². The molecule has 0 aliphatic carbocycles. The molecular weight excluding hydrogens is 326 g/mol. The molecule has 0 fully saturated rings. The van der Waals surface area contributed by atoms with Crippen LogP contribution in [-0.2, 0) is 0 Å². The lowest BCUT2D eigenvalue weighted by atomic mass is 9.88. The van der Waals surface area contributed by atoms with E-state index in [0.717, 1.165) is 27.9 Å². The predicted octanol–water partition coefficient (Wildman–Crippen LogP) is 3.61. The molecule has 4 rings (SSSR count). The zero-order valence-corrected chi connectivity index (χ0v) is 13.5. The first-order chi connectivity index (χ1) is 12.0. The van der Waals surface area contributed by atoms with Crippen LogP contribution >= 0.6 is 0 Å². The van der Waals surface area contributed by atoms with E-state index in [-0.39, 0.29) is 18.3 Å².